The minimum atomic E-state index is 0.221. The highest BCUT2D eigenvalue weighted by atomic mass is 16.5. The molecule has 3 unspecified atom stereocenters. The predicted molar refractivity (Wildman–Crippen MR) is 86.5 cm³/mol. The Morgan fingerprint density at radius 3 is 2.67 bits per heavy atom. The number of nitrogens with zero attached hydrogens (tertiary/aromatic N) is 2. The lowest BCUT2D eigenvalue weighted by molar-refractivity contribution is -0.107. The zero-order valence-corrected chi connectivity index (χ0v) is 14.1. The molecule has 4 heteroatoms. The molecule has 0 aromatic rings. The van der Waals surface area contributed by atoms with E-state index in [0.717, 1.165) is 38.1 Å². The number of ether oxygens (including phenoxy) is 1. The van der Waals surface area contributed by atoms with Gasteiger partial charge in [-0.05, 0) is 32.1 Å². The van der Waals surface area contributed by atoms with Crippen molar-refractivity contribution in [3.8, 4) is 0 Å². The summed E-state index contributed by atoms with van der Waals surface area (Å²) < 4.78 is 5.91. The van der Waals surface area contributed by atoms with E-state index in [1.165, 1.54) is 19.3 Å². The third kappa shape index (κ3) is 2.67. The first kappa shape index (κ1) is 15.1. The first-order valence-electron chi connectivity index (χ1n) is 8.71. The minimum Gasteiger partial charge on any atom is -0.377 e. The Bertz CT molecular complexity index is 399. The maximum absolute atomic E-state index is 5.91. The van der Waals surface area contributed by atoms with Crippen molar-refractivity contribution >= 4 is 5.96 Å². The molecule has 120 valence electrons. The van der Waals surface area contributed by atoms with Crippen molar-refractivity contribution in [1.29, 1.82) is 0 Å². The van der Waals surface area contributed by atoms with Crippen LogP contribution in [-0.4, -0.2) is 49.2 Å². The van der Waals surface area contributed by atoms with Gasteiger partial charge in [0, 0.05) is 43.6 Å². The van der Waals surface area contributed by atoms with Gasteiger partial charge in [0.2, 0.25) is 0 Å². The molecule has 1 saturated carbocycles. The normalized spacial score (nSPS) is 36.3. The molecule has 4 nitrogen and oxygen atoms in total. The van der Waals surface area contributed by atoms with Crippen molar-refractivity contribution in [2.75, 3.05) is 26.2 Å². The van der Waals surface area contributed by atoms with Crippen LogP contribution in [0.4, 0.5) is 0 Å². The molecule has 3 aliphatic rings. The van der Waals surface area contributed by atoms with E-state index in [-0.39, 0.29) is 5.41 Å². The van der Waals surface area contributed by atoms with Gasteiger partial charge in [0.25, 0.3) is 0 Å². The standard InChI is InChI=1S/C17H31N3O/c1-5-18-16(20-9-6-12(2)7-10-20)19-14-13-8-11-21-15(13)17(14,3)4/h12-15H,5-11H2,1-4H3,(H,18,19). The van der Waals surface area contributed by atoms with Gasteiger partial charge in [0.1, 0.15) is 0 Å². The second-order valence-electron chi connectivity index (χ2n) is 7.65. The van der Waals surface area contributed by atoms with Crippen molar-refractivity contribution in [3.63, 3.8) is 0 Å². The Morgan fingerprint density at radius 1 is 1.29 bits per heavy atom. The van der Waals surface area contributed by atoms with Crippen LogP contribution < -0.4 is 5.32 Å². The van der Waals surface area contributed by atoms with Crippen molar-refractivity contribution in [2.24, 2.45) is 22.2 Å². The second-order valence-corrected chi connectivity index (χ2v) is 7.65. The van der Waals surface area contributed by atoms with Gasteiger partial charge < -0.3 is 15.0 Å². The fraction of sp³-hybridized carbons (Fsp3) is 0.941. The summed E-state index contributed by atoms with van der Waals surface area (Å²) in [4.78, 5) is 7.23. The maximum Gasteiger partial charge on any atom is 0.194 e. The third-order valence-electron chi connectivity index (χ3n) is 5.78. The third-order valence-corrected chi connectivity index (χ3v) is 5.78. The molecule has 0 spiro atoms. The Hall–Kier alpha value is -0.770. The Morgan fingerprint density at radius 2 is 2.00 bits per heavy atom. The fourth-order valence-electron chi connectivity index (χ4n) is 4.36. The second kappa shape index (κ2) is 5.79. The molecule has 2 aliphatic heterocycles. The van der Waals surface area contributed by atoms with Crippen LogP contribution in [0.2, 0.25) is 0 Å². The lowest BCUT2D eigenvalue weighted by atomic mass is 9.57. The number of rotatable bonds is 2. The molecule has 2 saturated heterocycles. The van der Waals surface area contributed by atoms with E-state index in [9.17, 15) is 0 Å². The zero-order chi connectivity index (χ0) is 15.0. The summed E-state index contributed by atoms with van der Waals surface area (Å²) in [6.45, 7) is 13.2. The van der Waals surface area contributed by atoms with E-state index in [1.54, 1.807) is 0 Å². The summed E-state index contributed by atoms with van der Waals surface area (Å²) in [5.41, 5.74) is 0.221. The summed E-state index contributed by atoms with van der Waals surface area (Å²) >= 11 is 0. The number of likely N-dealkylation sites (tertiary alicyclic amines) is 1. The van der Waals surface area contributed by atoms with Gasteiger partial charge in [-0.1, -0.05) is 20.8 Å². The average molecular weight is 293 g/mol. The van der Waals surface area contributed by atoms with Crippen LogP contribution >= 0.6 is 0 Å². The smallest absolute Gasteiger partial charge is 0.194 e. The van der Waals surface area contributed by atoms with Crippen LogP contribution in [0.15, 0.2) is 4.99 Å². The summed E-state index contributed by atoms with van der Waals surface area (Å²) in [7, 11) is 0. The van der Waals surface area contributed by atoms with Crippen LogP contribution in [0.5, 0.6) is 0 Å². The van der Waals surface area contributed by atoms with Crippen LogP contribution in [0.1, 0.15) is 47.0 Å². The number of nitrogens with one attached hydrogen (secondary N) is 1. The average Bonchev–Trinajstić information content (AvgIpc) is 2.91. The molecule has 3 fully saturated rings. The van der Waals surface area contributed by atoms with Crippen molar-refractivity contribution in [1.82, 2.24) is 10.2 Å². The Kier molecular flexibility index (Phi) is 4.17. The molecule has 1 N–H and O–H groups in total. The Balaban J connectivity index is 1.67. The van der Waals surface area contributed by atoms with E-state index < -0.39 is 0 Å². The number of fused-ring (bicyclic) bond motifs is 1. The van der Waals surface area contributed by atoms with E-state index in [4.69, 9.17) is 9.73 Å². The summed E-state index contributed by atoms with van der Waals surface area (Å²) in [5.74, 6) is 2.66. The van der Waals surface area contributed by atoms with Crippen LogP contribution in [0, 0.1) is 17.3 Å². The van der Waals surface area contributed by atoms with Gasteiger partial charge in [0.05, 0.1) is 6.10 Å². The van der Waals surface area contributed by atoms with E-state index in [0.29, 0.717) is 18.1 Å². The van der Waals surface area contributed by atoms with Crippen LogP contribution in [0.3, 0.4) is 0 Å². The highest BCUT2D eigenvalue weighted by Crippen LogP contribution is 2.52. The predicted octanol–water partition coefficient (Wildman–Crippen LogP) is 2.50. The van der Waals surface area contributed by atoms with Gasteiger partial charge in [-0.3, -0.25) is 4.99 Å². The molecule has 2 heterocycles. The molecule has 0 amide bonds. The Labute approximate surface area is 129 Å². The highest BCUT2D eigenvalue weighted by Gasteiger charge is 2.59. The monoisotopic (exact) mass is 293 g/mol. The SMILES string of the molecule is CCN=C(NC1C2CCOC2C1(C)C)N1CCC(C)CC1. The number of guanidine groups is 1. The molecule has 0 radical (unpaired) electrons. The van der Waals surface area contributed by atoms with Gasteiger partial charge in [-0.25, -0.2) is 0 Å². The van der Waals surface area contributed by atoms with Crippen molar-refractivity contribution in [3.05, 3.63) is 0 Å². The molecule has 3 rings (SSSR count). The summed E-state index contributed by atoms with van der Waals surface area (Å²) in [6.07, 6.45) is 4.21. The first-order valence-corrected chi connectivity index (χ1v) is 8.71. The molecule has 3 atom stereocenters. The van der Waals surface area contributed by atoms with Crippen LogP contribution in [0.25, 0.3) is 0 Å². The van der Waals surface area contributed by atoms with Gasteiger partial charge in [-0.15, -0.1) is 0 Å². The van der Waals surface area contributed by atoms with E-state index in [2.05, 4.69) is 37.9 Å². The largest absolute Gasteiger partial charge is 0.377 e. The van der Waals surface area contributed by atoms with Gasteiger partial charge >= 0.3 is 0 Å². The molecular formula is C17H31N3O. The summed E-state index contributed by atoms with van der Waals surface area (Å²) in [6, 6.07) is 0.509. The molecule has 21 heavy (non-hydrogen) atoms. The number of aliphatic imine (C=N–C) groups is 1. The number of hydrogen-bond acceptors (Lipinski definition) is 2. The topological polar surface area (TPSA) is 36.9 Å². The minimum absolute atomic E-state index is 0.221. The fourth-order valence-corrected chi connectivity index (χ4v) is 4.36. The first-order chi connectivity index (χ1) is 10.0. The molecule has 0 bridgehead atoms. The van der Waals surface area contributed by atoms with Crippen LogP contribution in [-0.2, 0) is 4.74 Å². The van der Waals surface area contributed by atoms with Gasteiger partial charge in [-0.2, -0.15) is 0 Å². The molecule has 0 aromatic heterocycles. The van der Waals surface area contributed by atoms with Gasteiger partial charge in [0.15, 0.2) is 5.96 Å². The molecule has 1 aliphatic carbocycles. The maximum atomic E-state index is 5.91. The number of piperidine rings is 1. The zero-order valence-electron chi connectivity index (χ0n) is 14.1. The lowest BCUT2D eigenvalue weighted by Gasteiger charge is -2.55. The van der Waals surface area contributed by atoms with Crippen molar-refractivity contribution < 1.29 is 4.74 Å². The highest BCUT2D eigenvalue weighted by molar-refractivity contribution is 5.80. The van der Waals surface area contributed by atoms with E-state index >= 15 is 0 Å². The van der Waals surface area contributed by atoms with E-state index in [1.807, 2.05) is 0 Å². The molecular weight excluding hydrogens is 262 g/mol. The van der Waals surface area contributed by atoms with Crippen molar-refractivity contribution in [2.45, 2.75) is 59.1 Å². The molecule has 0 aromatic carbocycles. The lowest BCUT2D eigenvalue weighted by Crippen LogP contribution is -2.68. The summed E-state index contributed by atoms with van der Waals surface area (Å²) in [5, 5.41) is 3.80. The number of hydrogen-bond donors (Lipinski definition) is 1. The quantitative estimate of drug-likeness (QED) is 0.628.